The quantitative estimate of drug-likeness (QED) is 0.718. The number of amides is 1. The molecule has 0 aliphatic carbocycles. The van der Waals surface area contributed by atoms with Crippen LogP contribution in [-0.2, 0) is 24.7 Å². The Bertz CT molecular complexity index is 1120. The molecule has 28 heavy (non-hydrogen) atoms. The summed E-state index contributed by atoms with van der Waals surface area (Å²) in [5, 5.41) is 2.45. The maximum absolute atomic E-state index is 12.9. The summed E-state index contributed by atoms with van der Waals surface area (Å²) < 4.78 is 63.2. The van der Waals surface area contributed by atoms with Crippen LogP contribution in [0.2, 0.25) is 0 Å². The van der Waals surface area contributed by atoms with Crippen LogP contribution in [0.25, 0.3) is 0 Å². The average Bonchev–Trinajstić information content (AvgIpc) is 2.67. The van der Waals surface area contributed by atoms with E-state index >= 15 is 0 Å². The van der Waals surface area contributed by atoms with Gasteiger partial charge in [0.25, 0.3) is 15.9 Å². The first kappa shape index (κ1) is 20.0. The van der Waals surface area contributed by atoms with Crippen molar-refractivity contribution in [2.45, 2.75) is 16.7 Å². The van der Waals surface area contributed by atoms with E-state index in [0.29, 0.717) is 5.75 Å². The second kappa shape index (κ2) is 7.32. The molecule has 150 valence electrons. The smallest absolute Gasteiger partial charge is 0.265 e. The molecule has 2 aromatic carbocycles. The number of carbonyl (C=O) groups excluding carboxylic acids is 1. The van der Waals surface area contributed by atoms with Gasteiger partial charge in [0, 0.05) is 5.69 Å². The molecule has 0 bridgehead atoms. The van der Waals surface area contributed by atoms with Gasteiger partial charge in [0.1, 0.15) is 10.6 Å². The zero-order valence-corrected chi connectivity index (χ0v) is 16.7. The zero-order valence-electron chi connectivity index (χ0n) is 15.1. The predicted octanol–water partition coefficient (Wildman–Crippen LogP) is 1.62. The monoisotopic (exact) mass is 426 g/mol. The van der Waals surface area contributed by atoms with Crippen LogP contribution in [0, 0.1) is 0 Å². The number of hydrogen-bond donors (Lipinski definition) is 2. The first-order chi connectivity index (χ1) is 13.2. The van der Waals surface area contributed by atoms with Gasteiger partial charge in [-0.25, -0.2) is 16.8 Å². The number of anilines is 2. The Kier molecular flexibility index (Phi) is 5.22. The first-order valence-corrected chi connectivity index (χ1v) is 11.3. The summed E-state index contributed by atoms with van der Waals surface area (Å²) in [5.74, 6) is -0.311. The lowest BCUT2D eigenvalue weighted by Crippen LogP contribution is -2.27. The number of nitrogens with one attached hydrogen (secondary N) is 2. The van der Waals surface area contributed by atoms with Crippen molar-refractivity contribution >= 4 is 37.1 Å². The zero-order chi connectivity index (χ0) is 20.5. The lowest BCUT2D eigenvalue weighted by atomic mass is 10.2. The first-order valence-electron chi connectivity index (χ1n) is 8.16. The van der Waals surface area contributed by atoms with Gasteiger partial charge < -0.3 is 14.8 Å². The number of rotatable bonds is 6. The number of methoxy groups -OCH3 is 1. The van der Waals surface area contributed by atoms with Gasteiger partial charge in [0.15, 0.2) is 22.2 Å². The molecule has 0 atom stereocenters. The molecule has 0 radical (unpaired) electrons. The third-order valence-corrected chi connectivity index (χ3v) is 7.12. The summed E-state index contributed by atoms with van der Waals surface area (Å²) in [7, 11) is -6.46. The second-order valence-electron chi connectivity index (χ2n) is 5.87. The Morgan fingerprint density at radius 3 is 2.43 bits per heavy atom. The molecule has 9 nitrogen and oxygen atoms in total. The van der Waals surface area contributed by atoms with E-state index in [-0.39, 0.29) is 39.3 Å². The Morgan fingerprint density at radius 1 is 1.14 bits per heavy atom. The van der Waals surface area contributed by atoms with Crippen LogP contribution in [0.1, 0.15) is 6.92 Å². The minimum Gasteiger partial charge on any atom is -0.497 e. The molecule has 2 N–H and O–H groups in total. The van der Waals surface area contributed by atoms with Crippen LogP contribution in [0.3, 0.4) is 0 Å². The fourth-order valence-corrected chi connectivity index (χ4v) is 4.81. The highest BCUT2D eigenvalue weighted by molar-refractivity contribution is 7.93. The van der Waals surface area contributed by atoms with E-state index in [1.165, 1.54) is 32.2 Å². The van der Waals surface area contributed by atoms with Crippen molar-refractivity contribution in [2.24, 2.45) is 0 Å². The number of carbonyl (C=O) groups is 1. The fourth-order valence-electron chi connectivity index (χ4n) is 2.56. The molecular formula is C17H18N2O7S2. The number of benzene rings is 2. The van der Waals surface area contributed by atoms with Crippen LogP contribution in [0.15, 0.2) is 46.2 Å². The molecule has 11 heteroatoms. The minimum absolute atomic E-state index is 0.0131. The van der Waals surface area contributed by atoms with Gasteiger partial charge in [-0.2, -0.15) is 0 Å². The van der Waals surface area contributed by atoms with Crippen molar-refractivity contribution in [3.05, 3.63) is 36.4 Å². The maximum atomic E-state index is 12.9. The number of hydrogen-bond acceptors (Lipinski definition) is 7. The largest absolute Gasteiger partial charge is 0.497 e. The normalized spacial score (nSPS) is 13.9. The van der Waals surface area contributed by atoms with Gasteiger partial charge >= 0.3 is 0 Å². The van der Waals surface area contributed by atoms with E-state index in [4.69, 9.17) is 9.47 Å². The number of ether oxygens (including phenoxy) is 2. The summed E-state index contributed by atoms with van der Waals surface area (Å²) in [6.07, 6.45) is 0. The van der Waals surface area contributed by atoms with Gasteiger partial charge in [-0.15, -0.1) is 0 Å². The van der Waals surface area contributed by atoms with Gasteiger partial charge in [-0.1, -0.05) is 6.92 Å². The maximum Gasteiger partial charge on any atom is 0.265 e. The summed E-state index contributed by atoms with van der Waals surface area (Å²) in [4.78, 5) is 11.0. The molecule has 1 heterocycles. The van der Waals surface area contributed by atoms with Gasteiger partial charge in [0.05, 0.1) is 23.4 Å². The summed E-state index contributed by atoms with van der Waals surface area (Å²) in [6.45, 7) is 1.06. The standard InChI is InChI=1S/C17H18N2O7S2/c1-3-27(21,22)13-8-14-17(26-10-16(20)18-14)15(9-13)28(23,24)19-11-4-6-12(25-2)7-5-11/h4-9,19H,3,10H2,1-2H3,(H,18,20). The lowest BCUT2D eigenvalue weighted by Gasteiger charge is -2.22. The van der Waals surface area contributed by atoms with Crippen LogP contribution >= 0.6 is 0 Å². The molecule has 0 unspecified atom stereocenters. The highest BCUT2D eigenvalue weighted by Gasteiger charge is 2.30. The van der Waals surface area contributed by atoms with Crippen LogP contribution in [-0.4, -0.2) is 42.2 Å². The summed E-state index contributed by atoms with van der Waals surface area (Å²) in [6, 6.07) is 8.36. The molecule has 0 saturated carbocycles. The molecule has 0 saturated heterocycles. The van der Waals surface area contributed by atoms with Crippen molar-refractivity contribution in [1.82, 2.24) is 0 Å². The Hall–Kier alpha value is -2.79. The van der Waals surface area contributed by atoms with Crippen LogP contribution < -0.4 is 19.5 Å². The average molecular weight is 426 g/mol. The number of fused-ring (bicyclic) bond motifs is 1. The van der Waals surface area contributed by atoms with E-state index in [2.05, 4.69) is 10.0 Å². The Labute approximate surface area is 162 Å². The molecular weight excluding hydrogens is 408 g/mol. The topological polar surface area (TPSA) is 128 Å². The Balaban J connectivity index is 2.11. The summed E-state index contributed by atoms with van der Waals surface area (Å²) >= 11 is 0. The minimum atomic E-state index is -4.21. The summed E-state index contributed by atoms with van der Waals surface area (Å²) in [5.41, 5.74) is 0.235. The van der Waals surface area contributed by atoms with Crippen molar-refractivity contribution in [1.29, 1.82) is 0 Å². The lowest BCUT2D eigenvalue weighted by molar-refractivity contribution is -0.118. The van der Waals surface area contributed by atoms with E-state index in [9.17, 15) is 21.6 Å². The van der Waals surface area contributed by atoms with E-state index in [0.717, 1.165) is 6.07 Å². The van der Waals surface area contributed by atoms with E-state index in [1.54, 1.807) is 12.1 Å². The molecule has 3 rings (SSSR count). The molecule has 0 fully saturated rings. The highest BCUT2D eigenvalue weighted by atomic mass is 32.2. The number of sulfone groups is 1. The Morgan fingerprint density at radius 2 is 1.82 bits per heavy atom. The second-order valence-corrected chi connectivity index (χ2v) is 9.80. The third kappa shape index (κ3) is 3.90. The SMILES string of the molecule is CCS(=O)(=O)c1cc2c(c(S(=O)(=O)Nc3ccc(OC)cc3)c1)OCC(=O)N2. The van der Waals surface area contributed by atoms with Crippen molar-refractivity contribution in [3.8, 4) is 11.5 Å². The van der Waals surface area contributed by atoms with Crippen molar-refractivity contribution < 1.29 is 31.1 Å². The van der Waals surface area contributed by atoms with Crippen molar-refractivity contribution in [3.63, 3.8) is 0 Å². The predicted molar refractivity (Wildman–Crippen MR) is 102 cm³/mol. The molecule has 1 aliphatic heterocycles. The third-order valence-electron chi connectivity index (χ3n) is 4.02. The fraction of sp³-hybridized carbons (Fsp3) is 0.235. The highest BCUT2D eigenvalue weighted by Crippen LogP contribution is 2.38. The van der Waals surface area contributed by atoms with Gasteiger partial charge in [-0.3, -0.25) is 9.52 Å². The number of sulfonamides is 1. The van der Waals surface area contributed by atoms with E-state index < -0.39 is 25.8 Å². The van der Waals surface area contributed by atoms with Gasteiger partial charge in [-0.05, 0) is 36.4 Å². The van der Waals surface area contributed by atoms with Crippen molar-refractivity contribution in [2.75, 3.05) is 29.5 Å². The van der Waals surface area contributed by atoms with E-state index in [1.807, 2.05) is 0 Å². The molecule has 0 aromatic heterocycles. The molecule has 2 aromatic rings. The van der Waals surface area contributed by atoms with Crippen LogP contribution in [0.5, 0.6) is 11.5 Å². The molecule has 0 spiro atoms. The molecule has 1 aliphatic rings. The molecule has 1 amide bonds. The van der Waals surface area contributed by atoms with Gasteiger partial charge in [0.2, 0.25) is 0 Å². The van der Waals surface area contributed by atoms with Crippen LogP contribution in [0.4, 0.5) is 11.4 Å².